The first kappa shape index (κ1) is 10.4. The molecule has 0 amide bonds. The molecule has 1 heterocycles. The van der Waals surface area contributed by atoms with Crippen LogP contribution < -0.4 is 10.5 Å². The number of nitrogens with zero attached hydrogens (tertiary/aromatic N) is 3. The second-order valence-corrected chi connectivity index (χ2v) is 3.27. The van der Waals surface area contributed by atoms with E-state index in [4.69, 9.17) is 10.5 Å². The molecule has 1 aromatic heterocycles. The van der Waals surface area contributed by atoms with Crippen LogP contribution in [-0.4, -0.2) is 22.1 Å². The quantitative estimate of drug-likeness (QED) is 0.843. The van der Waals surface area contributed by atoms with E-state index in [1.165, 1.54) is 11.8 Å². The predicted octanol–water partition coefficient (Wildman–Crippen LogP) is 1.06. The Labute approximate surface area is 91.6 Å². The van der Waals surface area contributed by atoms with Crippen LogP contribution in [0.3, 0.4) is 0 Å². The summed E-state index contributed by atoms with van der Waals surface area (Å²) in [5, 5.41) is 7.36. The zero-order valence-electron chi connectivity index (χ0n) is 8.72. The second-order valence-electron chi connectivity index (χ2n) is 3.27. The highest BCUT2D eigenvalue weighted by molar-refractivity contribution is 5.31. The van der Waals surface area contributed by atoms with Crippen molar-refractivity contribution in [3.63, 3.8) is 0 Å². The summed E-state index contributed by atoms with van der Waals surface area (Å²) in [6.45, 7) is 0.271. The molecule has 0 aliphatic carbocycles. The van der Waals surface area contributed by atoms with Gasteiger partial charge in [-0.1, -0.05) is 17.3 Å². The lowest BCUT2D eigenvalue weighted by Gasteiger charge is -2.06. The fourth-order valence-electron chi connectivity index (χ4n) is 1.40. The highest BCUT2D eigenvalue weighted by Gasteiger charge is 2.09. The molecule has 0 bridgehead atoms. The van der Waals surface area contributed by atoms with Crippen molar-refractivity contribution >= 4 is 5.82 Å². The van der Waals surface area contributed by atoms with Gasteiger partial charge in [0.25, 0.3) is 0 Å². The van der Waals surface area contributed by atoms with Gasteiger partial charge in [-0.25, -0.2) is 9.07 Å². The van der Waals surface area contributed by atoms with E-state index in [2.05, 4.69) is 10.3 Å². The first-order chi connectivity index (χ1) is 7.70. The predicted molar refractivity (Wildman–Crippen MR) is 56.5 cm³/mol. The Hall–Kier alpha value is -2.11. The van der Waals surface area contributed by atoms with Gasteiger partial charge in [0.05, 0.1) is 19.9 Å². The third-order valence-electron chi connectivity index (χ3n) is 2.15. The summed E-state index contributed by atoms with van der Waals surface area (Å²) < 4.78 is 20.1. The summed E-state index contributed by atoms with van der Waals surface area (Å²) in [6, 6.07) is 4.95. The zero-order chi connectivity index (χ0) is 11.5. The smallest absolute Gasteiger partial charge is 0.170 e. The molecule has 0 aliphatic rings. The molecule has 2 N–H and O–H groups in total. The maximum Gasteiger partial charge on any atom is 0.170 e. The summed E-state index contributed by atoms with van der Waals surface area (Å²) in [4.78, 5) is 0. The fourth-order valence-corrected chi connectivity index (χ4v) is 1.40. The van der Waals surface area contributed by atoms with Gasteiger partial charge in [-0.15, -0.1) is 5.10 Å². The molecule has 84 valence electrons. The minimum absolute atomic E-state index is 0.214. The van der Waals surface area contributed by atoms with Crippen LogP contribution in [-0.2, 0) is 6.54 Å². The molecule has 16 heavy (non-hydrogen) atoms. The first-order valence-electron chi connectivity index (χ1n) is 4.67. The van der Waals surface area contributed by atoms with E-state index in [9.17, 15) is 4.39 Å². The Balaban J connectivity index is 2.28. The van der Waals surface area contributed by atoms with Crippen molar-refractivity contribution in [1.29, 1.82) is 0 Å². The van der Waals surface area contributed by atoms with Gasteiger partial charge in [0, 0.05) is 5.56 Å². The minimum atomic E-state index is -0.390. The van der Waals surface area contributed by atoms with Crippen LogP contribution in [0.5, 0.6) is 5.75 Å². The fraction of sp³-hybridized carbons (Fsp3) is 0.200. The highest BCUT2D eigenvalue weighted by atomic mass is 19.1. The molecule has 0 aliphatic heterocycles. The lowest BCUT2D eigenvalue weighted by Crippen LogP contribution is -2.03. The third-order valence-corrected chi connectivity index (χ3v) is 2.15. The second kappa shape index (κ2) is 4.18. The molecule has 0 unspecified atom stereocenters. The SMILES string of the molecule is COc1cccc(Cn2cc(N)nn2)c1F. The molecule has 0 atom stereocenters. The Morgan fingerprint density at radius 3 is 2.94 bits per heavy atom. The Morgan fingerprint density at radius 1 is 1.50 bits per heavy atom. The van der Waals surface area contributed by atoms with Crippen molar-refractivity contribution in [1.82, 2.24) is 15.0 Å². The van der Waals surface area contributed by atoms with E-state index < -0.39 is 0 Å². The van der Waals surface area contributed by atoms with Gasteiger partial charge >= 0.3 is 0 Å². The number of methoxy groups -OCH3 is 1. The number of nitrogen functional groups attached to an aromatic ring is 1. The molecular formula is C10H11FN4O. The first-order valence-corrected chi connectivity index (χ1v) is 4.67. The van der Waals surface area contributed by atoms with Crippen molar-refractivity contribution in [2.24, 2.45) is 0 Å². The monoisotopic (exact) mass is 222 g/mol. The van der Waals surface area contributed by atoms with Crippen molar-refractivity contribution in [2.45, 2.75) is 6.54 Å². The van der Waals surface area contributed by atoms with Crippen molar-refractivity contribution in [3.8, 4) is 5.75 Å². The van der Waals surface area contributed by atoms with Crippen LogP contribution in [0.25, 0.3) is 0 Å². The molecule has 0 saturated heterocycles. The molecule has 2 aromatic rings. The highest BCUT2D eigenvalue weighted by Crippen LogP contribution is 2.20. The summed E-state index contributed by atoms with van der Waals surface area (Å²) in [5.74, 6) is 0.132. The molecule has 6 heteroatoms. The molecule has 5 nitrogen and oxygen atoms in total. The van der Waals surface area contributed by atoms with Crippen molar-refractivity contribution in [3.05, 3.63) is 35.8 Å². The molecule has 1 aromatic carbocycles. The number of hydrogen-bond acceptors (Lipinski definition) is 4. The maximum atomic E-state index is 13.7. The van der Waals surface area contributed by atoms with Gasteiger partial charge in [0.1, 0.15) is 0 Å². The van der Waals surface area contributed by atoms with Gasteiger partial charge in [0.2, 0.25) is 0 Å². The van der Waals surface area contributed by atoms with Gasteiger partial charge in [-0.05, 0) is 6.07 Å². The number of hydrogen-bond donors (Lipinski definition) is 1. The number of anilines is 1. The topological polar surface area (TPSA) is 66.0 Å². The van der Waals surface area contributed by atoms with Crippen LogP contribution >= 0.6 is 0 Å². The summed E-state index contributed by atoms with van der Waals surface area (Å²) >= 11 is 0. The Bertz CT molecular complexity index is 497. The number of halogens is 1. The normalized spacial score (nSPS) is 10.4. The van der Waals surface area contributed by atoms with E-state index >= 15 is 0 Å². The standard InChI is InChI=1S/C10H11FN4O/c1-16-8-4-2-3-7(10(8)11)5-15-6-9(12)13-14-15/h2-4,6H,5,12H2,1H3. The van der Waals surface area contributed by atoms with E-state index in [1.54, 1.807) is 24.4 Å². The van der Waals surface area contributed by atoms with Crippen LogP contribution in [0.2, 0.25) is 0 Å². The molecular weight excluding hydrogens is 211 g/mol. The van der Waals surface area contributed by atoms with E-state index in [1.807, 2.05) is 0 Å². The summed E-state index contributed by atoms with van der Waals surface area (Å²) in [5.41, 5.74) is 5.89. The number of ether oxygens (including phenoxy) is 1. The summed E-state index contributed by atoms with van der Waals surface area (Å²) in [7, 11) is 1.43. The number of benzene rings is 1. The average Bonchev–Trinajstić information content (AvgIpc) is 2.67. The van der Waals surface area contributed by atoms with Crippen LogP contribution in [0.1, 0.15) is 5.56 Å². The average molecular weight is 222 g/mol. The maximum absolute atomic E-state index is 13.7. The third kappa shape index (κ3) is 1.95. The Morgan fingerprint density at radius 2 is 2.31 bits per heavy atom. The van der Waals surface area contributed by atoms with E-state index in [-0.39, 0.29) is 18.1 Å². The lowest BCUT2D eigenvalue weighted by molar-refractivity contribution is 0.383. The number of aromatic nitrogens is 3. The molecule has 0 spiro atoms. The molecule has 2 rings (SSSR count). The summed E-state index contributed by atoms with van der Waals surface area (Å²) in [6.07, 6.45) is 1.54. The van der Waals surface area contributed by atoms with Crippen LogP contribution in [0.4, 0.5) is 10.2 Å². The van der Waals surface area contributed by atoms with Crippen LogP contribution in [0.15, 0.2) is 24.4 Å². The van der Waals surface area contributed by atoms with Gasteiger partial charge < -0.3 is 10.5 Å². The van der Waals surface area contributed by atoms with Crippen molar-refractivity contribution < 1.29 is 9.13 Å². The number of rotatable bonds is 3. The molecule has 0 saturated carbocycles. The number of nitrogens with two attached hydrogens (primary N) is 1. The van der Waals surface area contributed by atoms with Crippen LogP contribution in [0, 0.1) is 5.82 Å². The molecule has 0 radical (unpaired) electrons. The Kier molecular flexibility index (Phi) is 2.72. The zero-order valence-corrected chi connectivity index (χ0v) is 8.72. The van der Waals surface area contributed by atoms with Gasteiger partial charge in [-0.2, -0.15) is 0 Å². The van der Waals surface area contributed by atoms with E-state index in [0.717, 1.165) is 0 Å². The lowest BCUT2D eigenvalue weighted by atomic mass is 10.2. The largest absolute Gasteiger partial charge is 0.494 e. The van der Waals surface area contributed by atoms with Gasteiger partial charge in [-0.3, -0.25) is 0 Å². The van der Waals surface area contributed by atoms with E-state index in [0.29, 0.717) is 11.4 Å². The minimum Gasteiger partial charge on any atom is -0.494 e. The van der Waals surface area contributed by atoms with Gasteiger partial charge in [0.15, 0.2) is 17.4 Å². The van der Waals surface area contributed by atoms with Crippen molar-refractivity contribution in [2.75, 3.05) is 12.8 Å². The molecule has 0 fully saturated rings.